The van der Waals surface area contributed by atoms with Crippen molar-refractivity contribution in [3.63, 3.8) is 0 Å². The third kappa shape index (κ3) is 4.16. The Labute approximate surface area is 139 Å². The number of hydrogen-bond donors (Lipinski definition) is 2. The maximum Gasteiger partial charge on any atom is 0.416 e. The molecule has 9 heteroatoms. The van der Waals surface area contributed by atoms with E-state index in [1.54, 1.807) is 20.8 Å². The average Bonchev–Trinajstić information content (AvgIpc) is 2.44. The number of nitrogens with zero attached hydrogens (tertiary/aromatic N) is 2. The molecule has 0 saturated carbocycles. The van der Waals surface area contributed by atoms with Crippen LogP contribution in [0.4, 0.5) is 21.2 Å². The second-order valence-electron chi connectivity index (χ2n) is 5.83. The van der Waals surface area contributed by atoms with Crippen LogP contribution in [0, 0.1) is 0 Å². The summed E-state index contributed by atoms with van der Waals surface area (Å²) in [5.74, 6) is 0.697. The zero-order chi connectivity index (χ0) is 17.2. The van der Waals surface area contributed by atoms with Gasteiger partial charge in [0, 0.05) is 13.1 Å². The number of nitrogens with one attached hydrogen (secondary N) is 2. The monoisotopic (exact) mass is 342 g/mol. The molecule has 2 heterocycles. The number of halogens is 1. The number of pyridine rings is 1. The predicted octanol–water partition coefficient (Wildman–Crippen LogP) is 2.62. The highest BCUT2D eigenvalue weighted by molar-refractivity contribution is 6.33. The minimum atomic E-state index is -0.642. The lowest BCUT2D eigenvalue weighted by Crippen LogP contribution is -2.42. The molecular formula is C14H19ClN4O4. The van der Waals surface area contributed by atoms with Gasteiger partial charge in [-0.25, -0.2) is 14.6 Å². The molecule has 0 bridgehead atoms. The van der Waals surface area contributed by atoms with Crippen molar-refractivity contribution in [3.8, 4) is 5.75 Å². The Bertz CT molecular complexity index is 630. The first-order valence-corrected chi connectivity index (χ1v) is 7.41. The number of aromatic nitrogens is 1. The van der Waals surface area contributed by atoms with E-state index in [4.69, 9.17) is 21.1 Å². The number of amides is 3. The van der Waals surface area contributed by atoms with Crippen LogP contribution in [0.2, 0.25) is 5.02 Å². The Morgan fingerprint density at radius 2 is 2.13 bits per heavy atom. The quantitative estimate of drug-likeness (QED) is 0.818. The van der Waals surface area contributed by atoms with E-state index in [1.165, 1.54) is 18.0 Å². The van der Waals surface area contributed by atoms with Crippen molar-refractivity contribution in [2.75, 3.05) is 30.4 Å². The highest BCUT2D eigenvalue weighted by Crippen LogP contribution is 2.38. The second kappa shape index (κ2) is 6.49. The number of carbonyl (C=O) groups excluding carboxylic acids is 2. The van der Waals surface area contributed by atoms with Crippen LogP contribution in [0.3, 0.4) is 0 Å². The van der Waals surface area contributed by atoms with Crippen molar-refractivity contribution in [3.05, 3.63) is 11.1 Å². The molecule has 1 aliphatic rings. The summed E-state index contributed by atoms with van der Waals surface area (Å²) in [6.45, 7) is 5.87. The van der Waals surface area contributed by atoms with Gasteiger partial charge in [-0.2, -0.15) is 0 Å². The van der Waals surface area contributed by atoms with Gasteiger partial charge in [0.2, 0.25) is 0 Å². The number of hydrogen-bond acceptors (Lipinski definition) is 5. The summed E-state index contributed by atoms with van der Waals surface area (Å²) in [7, 11) is 1.48. The molecule has 126 valence electrons. The third-order valence-corrected chi connectivity index (χ3v) is 3.09. The minimum absolute atomic E-state index is 0.201. The van der Waals surface area contributed by atoms with E-state index in [9.17, 15) is 9.59 Å². The first kappa shape index (κ1) is 17.1. The van der Waals surface area contributed by atoms with Crippen LogP contribution >= 0.6 is 11.6 Å². The van der Waals surface area contributed by atoms with Crippen molar-refractivity contribution in [1.82, 2.24) is 10.3 Å². The van der Waals surface area contributed by atoms with E-state index >= 15 is 0 Å². The fraction of sp³-hybridized carbons (Fsp3) is 0.500. The number of urea groups is 1. The zero-order valence-corrected chi connectivity index (χ0v) is 14.2. The normalized spacial score (nSPS) is 13.7. The summed E-state index contributed by atoms with van der Waals surface area (Å²) in [4.78, 5) is 29.3. The molecule has 0 atom stereocenters. The van der Waals surface area contributed by atoms with E-state index in [1.807, 2.05) is 0 Å². The molecule has 0 spiro atoms. The zero-order valence-electron chi connectivity index (χ0n) is 13.4. The van der Waals surface area contributed by atoms with E-state index < -0.39 is 17.7 Å². The third-order valence-electron chi connectivity index (χ3n) is 2.81. The van der Waals surface area contributed by atoms with Crippen molar-refractivity contribution >= 4 is 35.4 Å². The molecule has 0 saturated heterocycles. The molecule has 8 nitrogen and oxygen atoms in total. The Morgan fingerprint density at radius 3 is 2.74 bits per heavy atom. The number of anilines is 2. The van der Waals surface area contributed by atoms with E-state index in [-0.39, 0.29) is 35.6 Å². The molecule has 1 aromatic rings. The summed E-state index contributed by atoms with van der Waals surface area (Å²) in [5.41, 5.74) is -0.642. The SMILES string of the molecule is CNC(=O)Nc1cc(Cl)c2c(n1)N(C(=O)OC(C)(C)C)CCO2. The van der Waals surface area contributed by atoms with Crippen molar-refractivity contribution in [2.24, 2.45) is 0 Å². The van der Waals surface area contributed by atoms with Gasteiger partial charge in [-0.15, -0.1) is 0 Å². The van der Waals surface area contributed by atoms with Crippen LogP contribution in [0.5, 0.6) is 5.75 Å². The second-order valence-corrected chi connectivity index (χ2v) is 6.23. The summed E-state index contributed by atoms with van der Waals surface area (Å²) in [6.07, 6.45) is -0.553. The van der Waals surface area contributed by atoms with Crippen LogP contribution in [-0.4, -0.2) is 42.9 Å². The highest BCUT2D eigenvalue weighted by Gasteiger charge is 2.31. The molecule has 0 aliphatic carbocycles. The largest absolute Gasteiger partial charge is 0.486 e. The summed E-state index contributed by atoms with van der Waals surface area (Å²) in [6, 6.07) is 1.00. The number of fused-ring (bicyclic) bond motifs is 1. The molecule has 1 aliphatic heterocycles. The molecule has 1 aromatic heterocycles. The van der Waals surface area contributed by atoms with Gasteiger partial charge in [-0.1, -0.05) is 11.6 Å². The number of rotatable bonds is 1. The first-order valence-electron chi connectivity index (χ1n) is 7.04. The average molecular weight is 343 g/mol. The Hall–Kier alpha value is -2.22. The van der Waals surface area contributed by atoms with Crippen LogP contribution in [0.1, 0.15) is 20.8 Å². The van der Waals surface area contributed by atoms with Crippen molar-refractivity contribution < 1.29 is 19.1 Å². The van der Waals surface area contributed by atoms with Crippen LogP contribution in [0.15, 0.2) is 6.07 Å². The van der Waals surface area contributed by atoms with Gasteiger partial charge in [0.05, 0.1) is 11.6 Å². The lowest BCUT2D eigenvalue weighted by Gasteiger charge is -2.31. The fourth-order valence-electron chi connectivity index (χ4n) is 1.89. The van der Waals surface area contributed by atoms with Gasteiger partial charge in [-0.3, -0.25) is 10.2 Å². The molecule has 0 fully saturated rings. The first-order chi connectivity index (χ1) is 10.7. The lowest BCUT2D eigenvalue weighted by atomic mass is 10.2. The van der Waals surface area contributed by atoms with Crippen LogP contribution in [-0.2, 0) is 4.74 Å². The Morgan fingerprint density at radius 1 is 1.43 bits per heavy atom. The highest BCUT2D eigenvalue weighted by atomic mass is 35.5. The number of carbonyl (C=O) groups is 2. The van der Waals surface area contributed by atoms with E-state index in [0.717, 1.165) is 0 Å². The van der Waals surface area contributed by atoms with Gasteiger partial charge in [0.25, 0.3) is 0 Å². The van der Waals surface area contributed by atoms with E-state index in [2.05, 4.69) is 15.6 Å². The Balaban J connectivity index is 2.35. The van der Waals surface area contributed by atoms with Crippen LogP contribution < -0.4 is 20.3 Å². The summed E-state index contributed by atoms with van der Waals surface area (Å²) < 4.78 is 10.8. The smallest absolute Gasteiger partial charge is 0.416 e. The molecule has 0 radical (unpaired) electrons. The predicted molar refractivity (Wildman–Crippen MR) is 86.4 cm³/mol. The van der Waals surface area contributed by atoms with Gasteiger partial charge in [0.1, 0.15) is 18.0 Å². The van der Waals surface area contributed by atoms with Gasteiger partial charge >= 0.3 is 12.1 Å². The van der Waals surface area contributed by atoms with Crippen LogP contribution in [0.25, 0.3) is 0 Å². The molecule has 2 N–H and O–H groups in total. The molecule has 2 rings (SSSR count). The Kier molecular flexibility index (Phi) is 4.84. The standard InChI is InChI=1S/C14H19ClN4O4/c1-14(2,3)23-13(21)19-5-6-22-10-8(15)7-9(17-11(10)19)18-12(20)16-4/h7H,5-6H2,1-4H3,(H2,16,17,18,20). The van der Waals surface area contributed by atoms with Gasteiger partial charge in [-0.05, 0) is 20.8 Å². The maximum absolute atomic E-state index is 12.3. The number of ether oxygens (including phenoxy) is 2. The molecule has 0 unspecified atom stereocenters. The summed E-state index contributed by atoms with van der Waals surface area (Å²) >= 11 is 6.16. The molecule has 3 amide bonds. The van der Waals surface area contributed by atoms with E-state index in [0.29, 0.717) is 0 Å². The van der Waals surface area contributed by atoms with Gasteiger partial charge < -0.3 is 14.8 Å². The summed E-state index contributed by atoms with van der Waals surface area (Å²) in [5, 5.41) is 5.16. The maximum atomic E-state index is 12.3. The van der Waals surface area contributed by atoms with Gasteiger partial charge in [0.15, 0.2) is 11.6 Å². The fourth-order valence-corrected chi connectivity index (χ4v) is 2.13. The minimum Gasteiger partial charge on any atom is -0.486 e. The molecular weight excluding hydrogens is 324 g/mol. The molecule has 0 aromatic carbocycles. The molecule has 23 heavy (non-hydrogen) atoms. The van der Waals surface area contributed by atoms with Crippen molar-refractivity contribution in [2.45, 2.75) is 26.4 Å². The van der Waals surface area contributed by atoms with Crippen molar-refractivity contribution in [1.29, 1.82) is 0 Å². The topological polar surface area (TPSA) is 92.8 Å². The lowest BCUT2D eigenvalue weighted by molar-refractivity contribution is 0.0566.